The molecular weight excluding hydrogens is 440 g/mol. The second-order valence-electron chi connectivity index (χ2n) is 7.60. The Morgan fingerprint density at radius 1 is 1.06 bits per heavy atom. The third-order valence-electron chi connectivity index (χ3n) is 4.85. The number of ether oxygens (including phenoxy) is 4. The average Bonchev–Trinajstić information content (AvgIpc) is 3.22. The Labute approximate surface area is 197 Å². The summed E-state index contributed by atoms with van der Waals surface area (Å²) in [6.07, 6.45) is -0.125. The molecule has 1 heterocycles. The van der Waals surface area contributed by atoms with Crippen molar-refractivity contribution < 1.29 is 28.5 Å². The molecule has 0 saturated carbocycles. The molecule has 0 atom stereocenters. The molecule has 0 saturated heterocycles. The fourth-order valence-electron chi connectivity index (χ4n) is 3.29. The van der Waals surface area contributed by atoms with Crippen LogP contribution in [0.3, 0.4) is 0 Å². The van der Waals surface area contributed by atoms with Gasteiger partial charge in [-0.05, 0) is 44.5 Å². The zero-order valence-corrected chi connectivity index (χ0v) is 19.8. The Morgan fingerprint density at radius 2 is 1.76 bits per heavy atom. The zero-order chi connectivity index (χ0) is 24.8. The average molecular weight is 469 g/mol. The van der Waals surface area contributed by atoms with E-state index < -0.39 is 11.8 Å². The van der Waals surface area contributed by atoms with E-state index >= 15 is 0 Å². The van der Waals surface area contributed by atoms with Crippen LogP contribution in [0.1, 0.15) is 52.9 Å². The lowest BCUT2D eigenvalue weighted by molar-refractivity contribution is 0.0516. The maximum absolute atomic E-state index is 13.7. The van der Waals surface area contributed by atoms with Crippen molar-refractivity contribution in [2.24, 2.45) is 0 Å². The van der Waals surface area contributed by atoms with Gasteiger partial charge in [0, 0.05) is 11.8 Å². The number of hydrogen-bond donors (Lipinski definition) is 1. The van der Waals surface area contributed by atoms with Crippen molar-refractivity contribution in [3.63, 3.8) is 0 Å². The van der Waals surface area contributed by atoms with Crippen LogP contribution in [0, 0.1) is 0 Å². The number of nitrogen functional groups attached to an aromatic ring is 1. The maximum atomic E-state index is 13.7. The summed E-state index contributed by atoms with van der Waals surface area (Å²) in [6, 6.07) is 10.2. The lowest BCUT2D eigenvalue weighted by atomic mass is 10.0. The summed E-state index contributed by atoms with van der Waals surface area (Å²) < 4.78 is 22.7. The van der Waals surface area contributed by atoms with E-state index in [4.69, 9.17) is 24.7 Å². The van der Waals surface area contributed by atoms with E-state index in [1.165, 1.54) is 23.9 Å². The first-order valence-electron chi connectivity index (χ1n) is 10.7. The van der Waals surface area contributed by atoms with Crippen LogP contribution in [0.25, 0.3) is 0 Å². The van der Waals surface area contributed by atoms with E-state index in [9.17, 15) is 9.59 Å². The molecule has 0 aliphatic heterocycles. The van der Waals surface area contributed by atoms with Gasteiger partial charge in [-0.25, -0.2) is 9.48 Å². The highest BCUT2D eigenvalue weighted by molar-refractivity contribution is 6.15. The highest BCUT2D eigenvalue weighted by atomic mass is 16.5. The number of carbonyl (C=O) groups excluding carboxylic acids is 2. The Morgan fingerprint density at radius 3 is 2.35 bits per heavy atom. The minimum Gasteiger partial charge on any atom is -0.497 e. The van der Waals surface area contributed by atoms with Gasteiger partial charge in [-0.2, -0.15) is 0 Å². The molecule has 0 fully saturated rings. The number of nitrogens with zero attached hydrogens (tertiary/aromatic N) is 3. The summed E-state index contributed by atoms with van der Waals surface area (Å²) in [5.41, 5.74) is 7.08. The second kappa shape index (κ2) is 10.7. The van der Waals surface area contributed by atoms with Gasteiger partial charge in [-0.1, -0.05) is 17.3 Å². The molecule has 0 bridgehead atoms. The summed E-state index contributed by atoms with van der Waals surface area (Å²) in [7, 11) is 3.04. The van der Waals surface area contributed by atoms with Gasteiger partial charge in [0.15, 0.2) is 11.5 Å². The third-order valence-corrected chi connectivity index (χ3v) is 4.85. The standard InChI is InChI=1S/C24H28N4O6/c1-6-33-24(30)21-22(28(27-26-21)13-15-7-9-16(31-4)10-8-15)23(29)17-11-19(32-5)20(12-18(17)25)34-14(2)3/h7-12,14H,6,13,25H2,1-5H3. The van der Waals surface area contributed by atoms with E-state index in [1.54, 1.807) is 26.2 Å². The number of anilines is 1. The molecule has 3 aromatic rings. The molecule has 1 aromatic heterocycles. The molecular formula is C24H28N4O6. The normalized spacial score (nSPS) is 10.8. The molecule has 10 nitrogen and oxygen atoms in total. The maximum Gasteiger partial charge on any atom is 0.361 e. The van der Waals surface area contributed by atoms with Crippen LogP contribution < -0.4 is 19.9 Å². The summed E-state index contributed by atoms with van der Waals surface area (Å²) in [5.74, 6) is 0.125. The summed E-state index contributed by atoms with van der Waals surface area (Å²) >= 11 is 0. The molecule has 10 heteroatoms. The van der Waals surface area contributed by atoms with Gasteiger partial charge in [-0.3, -0.25) is 4.79 Å². The van der Waals surface area contributed by atoms with Crippen LogP contribution in [0.2, 0.25) is 0 Å². The van der Waals surface area contributed by atoms with Gasteiger partial charge in [0.05, 0.1) is 39.0 Å². The number of benzene rings is 2. The molecule has 0 aliphatic carbocycles. The monoisotopic (exact) mass is 468 g/mol. The smallest absolute Gasteiger partial charge is 0.361 e. The minimum absolute atomic E-state index is 0.0412. The topological polar surface area (TPSA) is 128 Å². The van der Waals surface area contributed by atoms with Gasteiger partial charge >= 0.3 is 5.97 Å². The number of hydrogen-bond acceptors (Lipinski definition) is 9. The fraction of sp³-hybridized carbons (Fsp3) is 0.333. The van der Waals surface area contributed by atoms with Crippen LogP contribution in [0.5, 0.6) is 17.2 Å². The Hall–Kier alpha value is -4.08. The Bertz CT molecular complexity index is 1170. The molecule has 180 valence electrons. The number of aromatic nitrogens is 3. The van der Waals surface area contributed by atoms with Crippen molar-refractivity contribution in [3.8, 4) is 17.2 Å². The Kier molecular flexibility index (Phi) is 7.72. The summed E-state index contributed by atoms with van der Waals surface area (Å²) in [5, 5.41) is 7.99. The van der Waals surface area contributed by atoms with Crippen molar-refractivity contribution in [1.82, 2.24) is 15.0 Å². The third kappa shape index (κ3) is 5.28. The molecule has 3 rings (SSSR count). The van der Waals surface area contributed by atoms with Gasteiger partial charge in [0.25, 0.3) is 0 Å². The molecule has 0 aliphatic rings. The number of rotatable bonds is 10. The van der Waals surface area contributed by atoms with E-state index in [0.717, 1.165) is 5.56 Å². The lowest BCUT2D eigenvalue weighted by Crippen LogP contribution is -2.18. The highest BCUT2D eigenvalue weighted by Gasteiger charge is 2.29. The van der Waals surface area contributed by atoms with Crippen molar-refractivity contribution in [3.05, 3.63) is 58.9 Å². The van der Waals surface area contributed by atoms with Crippen molar-refractivity contribution >= 4 is 17.4 Å². The first kappa shape index (κ1) is 24.6. The van der Waals surface area contributed by atoms with Gasteiger partial charge in [0.1, 0.15) is 11.4 Å². The SMILES string of the molecule is CCOC(=O)c1nnn(Cc2ccc(OC)cc2)c1C(=O)c1cc(OC)c(OC(C)C)cc1N. The van der Waals surface area contributed by atoms with Crippen molar-refractivity contribution in [2.75, 3.05) is 26.6 Å². The summed E-state index contributed by atoms with van der Waals surface area (Å²) in [6.45, 7) is 5.70. The highest BCUT2D eigenvalue weighted by Crippen LogP contribution is 2.34. The minimum atomic E-state index is -0.753. The molecule has 0 amide bonds. The van der Waals surface area contributed by atoms with Crippen LogP contribution in [0.15, 0.2) is 36.4 Å². The molecule has 0 spiro atoms. The van der Waals surface area contributed by atoms with E-state index in [2.05, 4.69) is 10.3 Å². The molecule has 2 N–H and O–H groups in total. The number of esters is 1. The molecule has 0 unspecified atom stereocenters. The second-order valence-corrected chi connectivity index (χ2v) is 7.60. The molecule has 2 aromatic carbocycles. The van der Waals surface area contributed by atoms with Gasteiger partial charge in [-0.15, -0.1) is 5.10 Å². The van der Waals surface area contributed by atoms with Gasteiger partial charge in [0.2, 0.25) is 11.5 Å². The predicted octanol–water partition coefficient (Wildman–Crippen LogP) is 3.12. The largest absolute Gasteiger partial charge is 0.497 e. The number of carbonyl (C=O) groups is 2. The van der Waals surface area contributed by atoms with Crippen LogP contribution >= 0.6 is 0 Å². The summed E-state index contributed by atoms with van der Waals surface area (Å²) in [4.78, 5) is 26.2. The number of methoxy groups -OCH3 is 2. The van der Waals surface area contributed by atoms with Crippen molar-refractivity contribution in [2.45, 2.75) is 33.4 Å². The first-order valence-corrected chi connectivity index (χ1v) is 10.7. The number of ketones is 1. The van der Waals surface area contributed by atoms with E-state index in [1.807, 2.05) is 26.0 Å². The van der Waals surface area contributed by atoms with Gasteiger partial charge < -0.3 is 24.7 Å². The molecule has 0 radical (unpaired) electrons. The van der Waals surface area contributed by atoms with Crippen LogP contribution in [-0.4, -0.2) is 53.7 Å². The van der Waals surface area contributed by atoms with E-state index in [0.29, 0.717) is 17.2 Å². The van der Waals surface area contributed by atoms with Crippen molar-refractivity contribution in [1.29, 1.82) is 0 Å². The fourth-order valence-corrected chi connectivity index (χ4v) is 3.29. The van der Waals surface area contributed by atoms with E-state index in [-0.39, 0.29) is 41.9 Å². The lowest BCUT2D eigenvalue weighted by Gasteiger charge is -2.16. The Balaban J connectivity index is 2.07. The van der Waals surface area contributed by atoms with Crippen LogP contribution in [-0.2, 0) is 11.3 Å². The van der Waals surface area contributed by atoms with Crippen LogP contribution in [0.4, 0.5) is 5.69 Å². The molecule has 34 heavy (non-hydrogen) atoms. The first-order chi connectivity index (χ1) is 16.3. The zero-order valence-electron chi connectivity index (χ0n) is 19.8. The number of nitrogens with two attached hydrogens (primary N) is 1. The quantitative estimate of drug-likeness (QED) is 0.271. The predicted molar refractivity (Wildman–Crippen MR) is 125 cm³/mol.